The van der Waals surface area contributed by atoms with Crippen molar-refractivity contribution < 1.29 is 42.5 Å². The number of unbranched alkanes of at least 4 members (excludes halogenated alkanes) is 1. The zero-order valence-electron chi connectivity index (χ0n) is 58.6. The fourth-order valence-electron chi connectivity index (χ4n) is 11.0. The molecule has 2 fully saturated rings. The second kappa shape index (κ2) is 43.4. The minimum atomic E-state index is -0.829. The van der Waals surface area contributed by atoms with Crippen LogP contribution >= 0.6 is 0 Å². The summed E-state index contributed by atoms with van der Waals surface area (Å²) < 4.78 is 34.1. The van der Waals surface area contributed by atoms with E-state index in [4.69, 9.17) is 29.8 Å². The molecule has 2 saturated carbocycles. The number of aldehydes is 1. The van der Waals surface area contributed by atoms with E-state index in [1.807, 2.05) is 128 Å². The van der Waals surface area contributed by atoms with E-state index in [0.717, 1.165) is 105 Å². The van der Waals surface area contributed by atoms with Crippen LogP contribution in [0.2, 0.25) is 0 Å². The number of carbonyl (C=O) groups excluding carboxylic acids is 4. The Morgan fingerprint density at radius 2 is 1.22 bits per heavy atom. The Morgan fingerprint density at radius 3 is 1.71 bits per heavy atom. The molecule has 2 bridgehead atoms. The highest BCUT2D eigenvalue weighted by Crippen LogP contribution is 2.43. The SMILES string of the molecule is C1CCC1.C=C(F)C(=O)C(C)CC.CC(=O)C1CC2C=CC1C2.CCC(C)CCCCc1ccc(C=O)cc1.CCCOCCOc1ccc(COc2ccc3cc(C(C)=O)ccc3c2C=N)cc1.CCCc1ccc(OC)cc1.N=c1c2ccccc2ccc2ccccc12. The van der Waals surface area contributed by atoms with Gasteiger partial charge in [-0.2, -0.15) is 0 Å². The second-order valence-corrected chi connectivity index (χ2v) is 25.1. The van der Waals surface area contributed by atoms with Crippen molar-refractivity contribution in [3.63, 3.8) is 0 Å². The number of Topliss-reactive ketones (excluding diaryl/α,β-unsaturated/α-hetero) is 3. The highest BCUT2D eigenvalue weighted by atomic mass is 19.1. The molecular weight excluding hydrogens is 1200 g/mol. The number of benzene rings is 7. The molecule has 0 heterocycles. The number of ether oxygens (including phenoxy) is 4. The van der Waals surface area contributed by atoms with E-state index in [2.05, 4.69) is 82.8 Å². The molecule has 5 unspecified atom stereocenters. The van der Waals surface area contributed by atoms with Crippen molar-refractivity contribution in [1.29, 1.82) is 10.8 Å². The predicted octanol–water partition coefficient (Wildman–Crippen LogP) is 21.2. The fourth-order valence-corrected chi connectivity index (χ4v) is 11.0. The van der Waals surface area contributed by atoms with Gasteiger partial charge in [-0.25, -0.2) is 4.39 Å². The van der Waals surface area contributed by atoms with Crippen molar-refractivity contribution in [2.45, 2.75) is 158 Å². The van der Waals surface area contributed by atoms with Crippen LogP contribution in [0.1, 0.15) is 182 Å². The van der Waals surface area contributed by atoms with Crippen LogP contribution in [0.15, 0.2) is 188 Å². The summed E-state index contributed by atoms with van der Waals surface area (Å²) in [7, 11) is 1.69. The van der Waals surface area contributed by atoms with Crippen molar-refractivity contribution in [1.82, 2.24) is 0 Å². The minimum Gasteiger partial charge on any atom is -0.497 e. The van der Waals surface area contributed by atoms with Gasteiger partial charge >= 0.3 is 0 Å². The molecule has 10 nitrogen and oxygen atoms in total. The van der Waals surface area contributed by atoms with Gasteiger partial charge in [0.05, 0.1) is 19.1 Å². The van der Waals surface area contributed by atoms with Crippen molar-refractivity contribution in [3.8, 4) is 17.2 Å². The van der Waals surface area contributed by atoms with Crippen LogP contribution < -0.4 is 19.6 Å². The summed E-state index contributed by atoms with van der Waals surface area (Å²) in [4.78, 5) is 43.7. The summed E-state index contributed by atoms with van der Waals surface area (Å²) in [5, 5.41) is 22.7. The number of hydrogen-bond acceptors (Lipinski definition) is 10. The quantitative estimate of drug-likeness (QED) is 0.0143. The summed E-state index contributed by atoms with van der Waals surface area (Å²) in [6.45, 7) is 20.8. The van der Waals surface area contributed by atoms with E-state index in [1.165, 1.54) is 81.5 Å². The number of ketones is 3. The summed E-state index contributed by atoms with van der Waals surface area (Å²) in [5.74, 6) is 3.82. The maximum atomic E-state index is 12.0. The molecule has 11 rings (SSSR count). The number of carbonyl (C=O) groups is 4. The van der Waals surface area contributed by atoms with Crippen LogP contribution in [0.3, 0.4) is 0 Å². The molecule has 5 atom stereocenters. The molecule has 3 aliphatic carbocycles. The molecule has 3 aliphatic rings. The first kappa shape index (κ1) is 78.0. The summed E-state index contributed by atoms with van der Waals surface area (Å²) in [6, 6.07) is 53.4. The molecule has 2 N–H and O–H groups in total. The average Bonchev–Trinajstić information content (AvgIpc) is 1.27. The number of rotatable bonds is 25. The van der Waals surface area contributed by atoms with Gasteiger partial charge < -0.3 is 24.4 Å². The number of hydrogen-bond donors (Lipinski definition) is 2. The van der Waals surface area contributed by atoms with E-state index in [0.29, 0.717) is 66.1 Å². The van der Waals surface area contributed by atoms with Crippen molar-refractivity contribution >= 4 is 62.2 Å². The Labute approximate surface area is 571 Å². The Bertz CT molecular complexity index is 3720. The van der Waals surface area contributed by atoms with Crippen LogP contribution in [-0.4, -0.2) is 56.8 Å². The van der Waals surface area contributed by atoms with Gasteiger partial charge in [0.2, 0.25) is 0 Å². The normalized spacial score (nSPS) is 15.0. The van der Waals surface area contributed by atoms with E-state index in [9.17, 15) is 23.6 Å². The Balaban J connectivity index is 0.000000217. The molecular formula is C85H105FN2O8. The monoisotopic (exact) mass is 1300 g/mol. The number of aryl methyl sites for hydroxylation is 2. The summed E-state index contributed by atoms with van der Waals surface area (Å²) in [6.07, 6.45) is 25.4. The number of fused-ring (bicyclic) bond motifs is 5. The smallest absolute Gasteiger partial charge is 0.193 e. The predicted molar refractivity (Wildman–Crippen MR) is 395 cm³/mol. The molecule has 0 aromatic heterocycles. The maximum absolute atomic E-state index is 12.0. The minimum absolute atomic E-state index is 0.0227. The Kier molecular flexibility index (Phi) is 35.3. The van der Waals surface area contributed by atoms with Crippen molar-refractivity contribution in [2.75, 3.05) is 26.9 Å². The van der Waals surface area contributed by atoms with E-state index >= 15 is 0 Å². The van der Waals surface area contributed by atoms with E-state index in [-0.39, 0.29) is 11.7 Å². The molecule has 0 amide bonds. The third kappa shape index (κ3) is 26.5. The lowest BCUT2D eigenvalue weighted by atomic mass is 9.90. The van der Waals surface area contributed by atoms with Crippen LogP contribution in [0, 0.1) is 40.4 Å². The Morgan fingerprint density at radius 1 is 0.625 bits per heavy atom. The molecule has 11 heteroatoms. The van der Waals surface area contributed by atoms with Crippen LogP contribution in [0.25, 0.3) is 32.3 Å². The third-order valence-corrected chi connectivity index (χ3v) is 17.7. The molecule has 8 aromatic rings. The molecule has 8 aromatic carbocycles. The molecule has 0 aliphatic heterocycles. The van der Waals surface area contributed by atoms with Gasteiger partial charge in [-0.3, -0.25) is 24.6 Å². The maximum Gasteiger partial charge on any atom is 0.193 e. The number of halogens is 1. The van der Waals surface area contributed by atoms with Gasteiger partial charge in [-0.05, 0) is 151 Å². The average molecular weight is 1300 g/mol. The molecule has 510 valence electrons. The molecule has 0 radical (unpaired) electrons. The first-order valence-corrected chi connectivity index (χ1v) is 34.7. The van der Waals surface area contributed by atoms with Gasteiger partial charge in [-0.15, -0.1) is 0 Å². The largest absolute Gasteiger partial charge is 0.497 e. The fraction of sp³-hybridized carbons (Fsp3) is 0.388. The number of allylic oxidation sites excluding steroid dienone is 3. The number of methoxy groups -OCH3 is 1. The molecule has 96 heavy (non-hydrogen) atoms. The molecule has 0 saturated heterocycles. The van der Waals surface area contributed by atoms with E-state index < -0.39 is 11.6 Å². The topological polar surface area (TPSA) is 153 Å². The lowest BCUT2D eigenvalue weighted by Crippen LogP contribution is -2.15. The second-order valence-electron chi connectivity index (χ2n) is 25.1. The van der Waals surface area contributed by atoms with Gasteiger partial charge in [0.1, 0.15) is 42.5 Å². The van der Waals surface area contributed by atoms with Crippen LogP contribution in [0.5, 0.6) is 17.2 Å². The van der Waals surface area contributed by atoms with Crippen molar-refractivity contribution in [2.24, 2.45) is 29.6 Å². The number of nitrogens with one attached hydrogen (secondary N) is 2. The van der Waals surface area contributed by atoms with Crippen LogP contribution in [0.4, 0.5) is 4.39 Å². The van der Waals surface area contributed by atoms with E-state index in [1.54, 1.807) is 33.9 Å². The zero-order chi connectivity index (χ0) is 69.6. The third-order valence-electron chi connectivity index (χ3n) is 17.7. The van der Waals surface area contributed by atoms with Gasteiger partial charge in [0.15, 0.2) is 17.4 Å². The lowest BCUT2D eigenvalue weighted by Gasteiger charge is -2.13. The summed E-state index contributed by atoms with van der Waals surface area (Å²) in [5.41, 5.74) is 5.86. The highest BCUT2D eigenvalue weighted by Gasteiger charge is 2.37. The van der Waals surface area contributed by atoms with Gasteiger partial charge in [-0.1, -0.05) is 239 Å². The zero-order valence-corrected chi connectivity index (χ0v) is 58.6. The van der Waals surface area contributed by atoms with Crippen molar-refractivity contribution in [3.05, 3.63) is 227 Å². The first-order chi connectivity index (χ1) is 46.5. The molecule has 0 spiro atoms. The standard InChI is InChI=1S/C25H27NO4.C15H11N.C15H22O.C10H14O.C9H12O.C7H11FO.C4H8/c1-3-12-28-13-14-29-22-8-4-19(5-9-22)17-30-25-11-7-21-15-20(18(2)27)6-10-23(21)24(25)16-26;16-15-13-7-3-1-5-11(13)9-10-12-6-2-4-8-14(12)15;1-3-13(2)6-4-5-7-14-8-10-15(12-16)11-9-14;1-3-4-9-5-7-10(11-2)8-6-9;1-6(10)9-5-7-2-3-8(9)4-7;1-4-5(2)7(9)6(3)8;1-2-4-3-1/h4-11,15-16,26H,3,12-14,17H2,1-2H3;1-10,16H;8-13H,3-7H2,1-2H3;5-8H,3-4H2,1-2H3;2-3,7-9H,4-5H2,1H3;5H,3-4H2,1-2H3;1-4H2. The lowest BCUT2D eigenvalue weighted by molar-refractivity contribution is -0.121. The highest BCUT2D eigenvalue weighted by molar-refractivity contribution is 6.05. The Hall–Kier alpha value is -8.67. The van der Waals surface area contributed by atoms with Gasteiger partial charge in [0, 0.05) is 52.1 Å². The summed E-state index contributed by atoms with van der Waals surface area (Å²) >= 11 is 0. The first-order valence-electron chi connectivity index (χ1n) is 34.7. The van der Waals surface area contributed by atoms with Crippen LogP contribution in [-0.2, 0) is 33.8 Å². The van der Waals surface area contributed by atoms with Gasteiger partial charge in [0.25, 0.3) is 0 Å².